The molecule has 25 nitrogen and oxygen atoms in total. The van der Waals surface area contributed by atoms with Crippen LogP contribution in [0.1, 0.15) is 70.4 Å². The van der Waals surface area contributed by atoms with E-state index in [4.69, 9.17) is 11.5 Å². The first-order valence-electron chi connectivity index (χ1n) is 23.7. The number of phenols is 2. The molecule has 0 radical (unpaired) electrons. The molecule has 17 N–H and O–H groups in total. The molecule has 0 spiro atoms. The highest BCUT2D eigenvalue weighted by Gasteiger charge is 2.39. The van der Waals surface area contributed by atoms with Crippen molar-refractivity contribution in [3.63, 3.8) is 0 Å². The summed E-state index contributed by atoms with van der Waals surface area (Å²) in [5.74, 6) is -9.45. The van der Waals surface area contributed by atoms with E-state index in [2.05, 4.69) is 31.9 Å². The zero-order chi connectivity index (χ0) is 53.7. The molecule has 1 aliphatic heterocycles. The number of hydrogen-bond donors (Lipinski definition) is 15. The van der Waals surface area contributed by atoms with Gasteiger partial charge in [0.05, 0.1) is 25.9 Å². The number of carbonyl (C=O) groups excluding carboxylic acids is 8. The van der Waals surface area contributed by atoms with Gasteiger partial charge in [-0.25, -0.2) is 4.79 Å². The second-order valence-corrected chi connectivity index (χ2v) is 17.6. The number of amides is 8. The summed E-state index contributed by atoms with van der Waals surface area (Å²) in [5.41, 5.74) is 12.4. The lowest BCUT2D eigenvalue weighted by atomic mass is 9.97. The van der Waals surface area contributed by atoms with Gasteiger partial charge >= 0.3 is 5.97 Å². The maximum absolute atomic E-state index is 14.3. The quantitative estimate of drug-likeness (QED) is 0.0344. The first-order valence-corrected chi connectivity index (χ1v) is 23.7. The fourth-order valence-corrected chi connectivity index (χ4v) is 7.63. The number of nitrogens with one attached hydrogen (secondary N) is 7. The van der Waals surface area contributed by atoms with Crippen LogP contribution in [-0.2, 0) is 56.0 Å². The molecule has 72 heavy (non-hydrogen) atoms. The zero-order valence-electron chi connectivity index (χ0n) is 40.5. The van der Waals surface area contributed by atoms with Crippen molar-refractivity contribution < 1.29 is 73.8 Å². The Morgan fingerprint density at radius 3 is 1.50 bits per heavy atom. The normalized spacial score (nSPS) is 17.0. The number of phenolic OH excluding ortho intramolecular Hbond substituents is 2. The summed E-state index contributed by atoms with van der Waals surface area (Å²) >= 11 is 0. The van der Waals surface area contributed by atoms with Crippen molar-refractivity contribution in [2.75, 3.05) is 32.9 Å². The molecule has 2 aromatic carbocycles. The van der Waals surface area contributed by atoms with Gasteiger partial charge < -0.3 is 84.2 Å². The summed E-state index contributed by atoms with van der Waals surface area (Å²) in [5, 5.41) is 75.8. The zero-order valence-corrected chi connectivity index (χ0v) is 40.5. The third kappa shape index (κ3) is 18.0. The van der Waals surface area contributed by atoms with E-state index in [1.807, 2.05) is 5.32 Å². The van der Waals surface area contributed by atoms with Crippen molar-refractivity contribution in [1.82, 2.24) is 42.1 Å². The maximum atomic E-state index is 14.3. The molecule has 25 heteroatoms. The number of benzene rings is 2. The van der Waals surface area contributed by atoms with Gasteiger partial charge in [-0.3, -0.25) is 38.4 Å². The number of unbranched alkanes of at least 4 members (excludes halogenated alkanes) is 1. The molecule has 0 unspecified atom stereocenters. The van der Waals surface area contributed by atoms with Gasteiger partial charge in [0.15, 0.2) is 0 Å². The van der Waals surface area contributed by atoms with Crippen LogP contribution in [0.4, 0.5) is 0 Å². The van der Waals surface area contributed by atoms with Crippen LogP contribution in [0, 0.1) is 5.92 Å². The third-order valence-electron chi connectivity index (χ3n) is 12.0. The van der Waals surface area contributed by atoms with Crippen LogP contribution in [0.5, 0.6) is 11.5 Å². The fraction of sp³-hybridized carbons (Fsp3) is 0.553. The number of carboxylic acids is 1. The van der Waals surface area contributed by atoms with Crippen LogP contribution in [0.3, 0.4) is 0 Å². The fourth-order valence-electron chi connectivity index (χ4n) is 7.63. The van der Waals surface area contributed by atoms with Crippen LogP contribution < -0.4 is 48.7 Å². The van der Waals surface area contributed by atoms with Gasteiger partial charge in [-0.05, 0) is 86.9 Å². The summed E-state index contributed by atoms with van der Waals surface area (Å²) in [7, 11) is 0. The van der Waals surface area contributed by atoms with E-state index in [0.717, 1.165) is 0 Å². The standard InChI is InChI=1S/C47H70N10O15/c1-4-25(2)38(45(69)50-31(8-5-6-18-48)39(63)53-34(22-58)42(66)55-36(24-60)47(71)72)56-43(67)35(23-59)54-41(65)32(20-27-10-14-29(61)15-11-27)51-40(64)33(21-28-12-16-30(62)17-13-28)52-44(68)37-9-7-19-57(37)46(70)26(3)49/h10-17,25-26,31-38,58-62H,4-9,18-24,48-49H2,1-3H3,(H,50,69)(H,51,64)(H,52,68)(H,53,63)(H,54,65)(H,55,66)(H,56,67)(H,71,72)/t25-,26-,31-,32-,33-,34-,35-,36-,37-,38-/m0/s1. The third-order valence-corrected chi connectivity index (χ3v) is 12.0. The molecule has 0 saturated carbocycles. The van der Waals surface area contributed by atoms with Gasteiger partial charge in [-0.15, -0.1) is 0 Å². The average molecular weight is 1020 g/mol. The lowest BCUT2D eigenvalue weighted by molar-refractivity contribution is -0.143. The SMILES string of the molecule is CC[C@H](C)[C@H](NC(=O)[C@H](CO)NC(=O)[C@H](Cc1ccc(O)cc1)NC(=O)[C@H](Cc1ccc(O)cc1)NC(=O)[C@@H]1CCCN1C(=O)[C@H](C)N)C(=O)N[C@@H](CCCCN)C(=O)N[C@@H](CO)C(=O)N[C@@H](CO)C(=O)O. The summed E-state index contributed by atoms with van der Waals surface area (Å²) in [6, 6.07) is -1.33. The minimum atomic E-state index is -1.75. The lowest BCUT2D eigenvalue weighted by Crippen LogP contribution is -2.62. The van der Waals surface area contributed by atoms with Crippen molar-refractivity contribution in [3.05, 3.63) is 59.7 Å². The van der Waals surface area contributed by atoms with Gasteiger partial charge in [0.25, 0.3) is 0 Å². The smallest absolute Gasteiger partial charge is 0.328 e. The van der Waals surface area contributed by atoms with Crippen LogP contribution >= 0.6 is 0 Å². The average Bonchev–Trinajstić information content (AvgIpc) is 3.85. The minimum absolute atomic E-state index is 0.0424. The molecule has 1 aliphatic rings. The van der Waals surface area contributed by atoms with Gasteiger partial charge in [0.1, 0.15) is 59.8 Å². The predicted octanol–water partition coefficient (Wildman–Crippen LogP) is -4.15. The molecule has 2 aromatic rings. The monoisotopic (exact) mass is 1010 g/mol. The van der Waals surface area contributed by atoms with Crippen molar-refractivity contribution in [2.24, 2.45) is 17.4 Å². The van der Waals surface area contributed by atoms with E-state index in [1.54, 1.807) is 13.8 Å². The van der Waals surface area contributed by atoms with Crippen molar-refractivity contribution in [2.45, 2.75) is 127 Å². The number of carboxylic acid groups (broad SMARTS) is 1. The largest absolute Gasteiger partial charge is 0.508 e. The minimum Gasteiger partial charge on any atom is -0.508 e. The lowest BCUT2D eigenvalue weighted by Gasteiger charge is -2.29. The maximum Gasteiger partial charge on any atom is 0.328 e. The summed E-state index contributed by atoms with van der Waals surface area (Å²) < 4.78 is 0. The summed E-state index contributed by atoms with van der Waals surface area (Å²) in [6.07, 6.45) is 1.32. The van der Waals surface area contributed by atoms with E-state index < -0.39 is 133 Å². The predicted molar refractivity (Wildman–Crippen MR) is 257 cm³/mol. The number of nitrogens with zero attached hydrogens (tertiary/aromatic N) is 1. The topological polar surface area (TPSA) is 414 Å². The van der Waals surface area contributed by atoms with E-state index in [1.165, 1.54) is 60.4 Å². The Balaban J connectivity index is 1.89. The second-order valence-electron chi connectivity index (χ2n) is 17.6. The van der Waals surface area contributed by atoms with Crippen LogP contribution in [0.2, 0.25) is 0 Å². The van der Waals surface area contributed by atoms with Gasteiger partial charge in [-0.1, -0.05) is 44.5 Å². The molecule has 10 atom stereocenters. The van der Waals surface area contributed by atoms with E-state index in [9.17, 15) is 73.8 Å². The molecule has 0 aliphatic carbocycles. The van der Waals surface area contributed by atoms with Crippen LogP contribution in [0.25, 0.3) is 0 Å². The Morgan fingerprint density at radius 2 is 1.04 bits per heavy atom. The number of hydrogen-bond acceptors (Lipinski definition) is 16. The van der Waals surface area contributed by atoms with E-state index >= 15 is 0 Å². The number of likely N-dealkylation sites (tertiary alicyclic amines) is 1. The Hall–Kier alpha value is -6.93. The van der Waals surface area contributed by atoms with E-state index in [0.29, 0.717) is 24.0 Å². The second kappa shape index (κ2) is 29.4. The Labute approximate surface area is 416 Å². The Kier molecular flexibility index (Phi) is 24.3. The molecule has 3 rings (SSSR count). The van der Waals surface area contributed by atoms with Crippen molar-refractivity contribution in [3.8, 4) is 11.5 Å². The van der Waals surface area contributed by atoms with Crippen LogP contribution in [-0.4, -0.2) is 176 Å². The number of nitrogens with two attached hydrogens (primary N) is 2. The highest BCUT2D eigenvalue weighted by atomic mass is 16.4. The van der Waals surface area contributed by atoms with Crippen molar-refractivity contribution >= 4 is 53.2 Å². The van der Waals surface area contributed by atoms with Crippen molar-refractivity contribution in [1.29, 1.82) is 0 Å². The molecule has 1 heterocycles. The molecule has 8 amide bonds. The molecular weight excluding hydrogens is 945 g/mol. The van der Waals surface area contributed by atoms with Crippen LogP contribution in [0.15, 0.2) is 48.5 Å². The highest BCUT2D eigenvalue weighted by molar-refractivity contribution is 5.98. The number of aliphatic hydroxyl groups is 3. The number of carbonyl (C=O) groups is 9. The summed E-state index contributed by atoms with van der Waals surface area (Å²) in [4.78, 5) is 122. The molecule has 398 valence electrons. The molecule has 1 saturated heterocycles. The first-order chi connectivity index (χ1) is 34.2. The Morgan fingerprint density at radius 1 is 0.611 bits per heavy atom. The van der Waals surface area contributed by atoms with Gasteiger partial charge in [0.2, 0.25) is 47.3 Å². The van der Waals surface area contributed by atoms with E-state index in [-0.39, 0.29) is 63.1 Å². The van der Waals surface area contributed by atoms with Gasteiger partial charge in [0, 0.05) is 19.4 Å². The number of aromatic hydroxyl groups is 2. The molecule has 1 fully saturated rings. The molecule has 0 aromatic heterocycles. The first kappa shape index (κ1) is 59.4. The summed E-state index contributed by atoms with van der Waals surface area (Å²) in [6.45, 7) is 2.27. The van der Waals surface area contributed by atoms with Gasteiger partial charge in [-0.2, -0.15) is 0 Å². The number of aliphatic hydroxyl groups excluding tert-OH is 3. The Bertz CT molecular complexity index is 2160. The highest BCUT2D eigenvalue weighted by Crippen LogP contribution is 2.20. The number of rotatable bonds is 29. The molecular formula is C47H70N10O15. The molecule has 0 bridgehead atoms. The number of aliphatic carboxylic acids is 1.